The summed E-state index contributed by atoms with van der Waals surface area (Å²) in [6.07, 6.45) is 7.49. The van der Waals surface area contributed by atoms with Gasteiger partial charge in [-0.05, 0) is 192 Å². The normalized spacial score (nSPS) is 16.7. The van der Waals surface area contributed by atoms with E-state index >= 15 is 0 Å². The Morgan fingerprint density at radius 2 is 1.02 bits per heavy atom. The maximum absolute atomic E-state index is 13.7. The van der Waals surface area contributed by atoms with Crippen molar-refractivity contribution in [2.45, 2.75) is 234 Å². The number of ether oxygens (including phenoxy) is 2. The fraction of sp³-hybridized carbons (Fsp3) is 0.531. The van der Waals surface area contributed by atoms with Crippen LogP contribution in [0.15, 0.2) is 114 Å². The number of likely N-dealkylation sites (tertiary alicyclic amines) is 1. The molecule has 2 saturated heterocycles. The molecule has 2 aliphatic heterocycles. The molecule has 2 N–H and O–H groups in total. The molecule has 24 heteroatoms. The minimum Gasteiger partial charge on any atom is -0.481 e. The molecule has 4 aliphatic rings. The number of carbonyl (C=O) groups is 4. The zero-order chi connectivity index (χ0) is 77.8. The van der Waals surface area contributed by atoms with Gasteiger partial charge in [0, 0.05) is 61.0 Å². The van der Waals surface area contributed by atoms with Crippen molar-refractivity contribution in [3.8, 4) is 0 Å². The Morgan fingerprint density at radius 1 is 0.610 bits per heavy atom. The topological polar surface area (TPSA) is 137 Å². The second-order valence-electron chi connectivity index (χ2n) is 29.1. The Kier molecular flexibility index (Phi) is 39.2. The maximum atomic E-state index is 13.7. The molecule has 0 bridgehead atoms. The van der Waals surface area contributed by atoms with Crippen LogP contribution in [0.1, 0.15) is 209 Å². The van der Waals surface area contributed by atoms with Gasteiger partial charge in [0.2, 0.25) is 5.91 Å². The number of aliphatic hydroxyl groups excluding tert-OH is 1. The van der Waals surface area contributed by atoms with Gasteiger partial charge < -0.3 is 19.8 Å². The molecule has 586 valence electrons. The van der Waals surface area contributed by atoms with Crippen molar-refractivity contribution in [2.75, 3.05) is 39.8 Å². The number of alkyl halides is 3. The van der Waals surface area contributed by atoms with Crippen LogP contribution in [-0.4, -0.2) is 130 Å². The minimum atomic E-state index is -4.33. The van der Waals surface area contributed by atoms with E-state index in [0.29, 0.717) is 37.1 Å². The number of carboxylic acids is 1. The average Bonchev–Trinajstić information content (AvgIpc) is 1.61. The molecule has 2 saturated carbocycles. The van der Waals surface area contributed by atoms with Crippen LogP contribution >= 0.6 is 69.0 Å². The number of hydrogen-bond donors (Lipinski definition) is 2. The average molecular weight is 1780 g/mol. The fourth-order valence-electron chi connectivity index (χ4n) is 12.6. The number of rotatable bonds is 20. The van der Waals surface area contributed by atoms with Crippen molar-refractivity contribution in [3.05, 3.63) is 189 Å². The Morgan fingerprint density at radius 3 is 1.39 bits per heavy atom. The number of hydrogen-bond acceptors (Lipinski definition) is 9. The van der Waals surface area contributed by atoms with E-state index in [-0.39, 0.29) is 75.8 Å². The van der Waals surface area contributed by atoms with Crippen molar-refractivity contribution in [2.24, 2.45) is 0 Å². The molecule has 105 heavy (non-hydrogen) atoms. The van der Waals surface area contributed by atoms with Crippen LogP contribution in [0.5, 0.6) is 0 Å². The minimum absolute atomic E-state index is 0. The van der Waals surface area contributed by atoms with E-state index in [1.54, 1.807) is 57.2 Å². The summed E-state index contributed by atoms with van der Waals surface area (Å²) in [5.41, 5.74) is -0.146. The molecular formula is C81H111Cl4F7IN3O8Sn. The molecule has 0 unspecified atom stereocenters. The van der Waals surface area contributed by atoms with Crippen LogP contribution in [0.2, 0.25) is 33.4 Å². The molecule has 2 atom stereocenters. The molecule has 0 aromatic heterocycles. The molecule has 11 nitrogen and oxygen atoms in total. The molecule has 2 aliphatic carbocycles. The number of unbranched alkanes of at least 4 members (excludes halogenated alkanes) is 3. The molecule has 5 aromatic carbocycles. The Labute approximate surface area is 658 Å². The van der Waals surface area contributed by atoms with Crippen LogP contribution in [0, 0.1) is 26.8 Å². The van der Waals surface area contributed by atoms with Crippen molar-refractivity contribution in [1.29, 1.82) is 0 Å². The van der Waals surface area contributed by atoms with Gasteiger partial charge in [-0.1, -0.05) is 98.2 Å². The maximum Gasteiger partial charge on any atom is 0.416 e. The molecule has 5 aromatic rings. The number of aliphatic carboxylic acids is 1. The molecule has 0 spiro atoms. The fourth-order valence-corrected chi connectivity index (χ4v) is 28.9. The number of carbonyl (C=O) groups excluding carboxylic acids is 3. The third kappa shape index (κ3) is 28.1. The van der Waals surface area contributed by atoms with Crippen molar-refractivity contribution in [3.63, 3.8) is 0 Å². The van der Waals surface area contributed by atoms with Gasteiger partial charge in [0.25, 0.3) is 0 Å². The summed E-state index contributed by atoms with van der Waals surface area (Å²) >= 11 is 22.0. The van der Waals surface area contributed by atoms with Gasteiger partial charge in [-0.3, -0.25) is 19.4 Å². The van der Waals surface area contributed by atoms with E-state index in [2.05, 4.69) is 87.1 Å². The first kappa shape index (κ1) is 96.6. The second-order valence-corrected chi connectivity index (χ2v) is 45.3. The first-order valence-electron chi connectivity index (χ1n) is 35.0. The zero-order valence-electron chi connectivity index (χ0n) is 61.7. The molecule has 4 fully saturated rings. The zero-order valence-corrected chi connectivity index (χ0v) is 69.7. The van der Waals surface area contributed by atoms with E-state index in [0.717, 1.165) is 70.7 Å². The van der Waals surface area contributed by atoms with Crippen molar-refractivity contribution in [1.82, 2.24) is 14.7 Å². The number of benzene rings is 5. The van der Waals surface area contributed by atoms with Gasteiger partial charge in [0.1, 0.15) is 28.9 Å². The second kappa shape index (κ2) is 42.6. The number of aliphatic hydroxyl groups is 1. The molecular weight excluding hydrogens is 1660 g/mol. The third-order valence-electron chi connectivity index (χ3n) is 19.2. The van der Waals surface area contributed by atoms with Crippen LogP contribution in [0.4, 0.5) is 30.7 Å². The number of nitrogens with zero attached hydrogens (tertiary/aromatic N) is 3. The predicted molar refractivity (Wildman–Crippen MR) is 426 cm³/mol. The third-order valence-corrected chi connectivity index (χ3v) is 36.4. The Hall–Kier alpha value is -4.46. The van der Waals surface area contributed by atoms with Gasteiger partial charge in [-0.15, -0.1) is 0 Å². The van der Waals surface area contributed by atoms with Crippen LogP contribution in [-0.2, 0) is 45.7 Å². The van der Waals surface area contributed by atoms with Crippen LogP contribution < -0.4 is 0 Å². The van der Waals surface area contributed by atoms with Gasteiger partial charge in [-0.2, -0.15) is 13.2 Å². The van der Waals surface area contributed by atoms with E-state index in [1.807, 2.05) is 25.7 Å². The van der Waals surface area contributed by atoms with E-state index in [9.17, 15) is 49.9 Å². The SMILES string of the molecule is C.C.C=C(C(=O)OC(C)(C)C)c1ccc(F)c(Cl)c1.C=[C](C(=O)OC(C)(C)C)[Sn]([CH2]CCC)([CH2]CCC)[CH2]CCC.CO.C[C@H]1CN(C2(C)CCN(C(=O)C3(c4ccc(F)c(Cl)c4)CC3)CC2)CCN1[C@@H](C)c1ccc(C(F)(F)F)cc1.Fc1ccc(I)cc1Cl.O=C(O)C1(c2ccc(F)c(Cl)c2)CC1. The van der Waals surface area contributed by atoms with E-state index < -0.39 is 81.5 Å². The van der Waals surface area contributed by atoms with Crippen molar-refractivity contribution < 1.29 is 69.6 Å². The van der Waals surface area contributed by atoms with Gasteiger partial charge in [-0.25, -0.2) is 22.4 Å². The Bertz CT molecular complexity index is 3650. The van der Waals surface area contributed by atoms with E-state index in [4.69, 9.17) is 66.1 Å². The van der Waals surface area contributed by atoms with E-state index in [1.165, 1.54) is 112 Å². The molecule has 2 heterocycles. The first-order valence-corrected chi connectivity index (χ1v) is 45.1. The Balaban J connectivity index is 0.000000483. The summed E-state index contributed by atoms with van der Waals surface area (Å²) in [7, 11) is 1.00. The number of piperazine rings is 1. The number of esters is 2. The van der Waals surface area contributed by atoms with Crippen LogP contribution in [0.25, 0.3) is 5.57 Å². The smallest absolute Gasteiger partial charge is 0.416 e. The summed E-state index contributed by atoms with van der Waals surface area (Å²) in [4.78, 5) is 55.7. The van der Waals surface area contributed by atoms with Gasteiger partial charge in [0.15, 0.2) is 0 Å². The number of amides is 1. The summed E-state index contributed by atoms with van der Waals surface area (Å²) in [5.74, 6) is -3.27. The largest absolute Gasteiger partial charge is 0.481 e. The quantitative estimate of drug-likeness (QED) is 0.0193. The summed E-state index contributed by atoms with van der Waals surface area (Å²) in [6, 6.07) is 23.1. The summed E-state index contributed by atoms with van der Waals surface area (Å²) < 4.78 is 107. The van der Waals surface area contributed by atoms with Crippen LogP contribution in [0.3, 0.4) is 0 Å². The first-order chi connectivity index (χ1) is 48.0. The predicted octanol–water partition coefficient (Wildman–Crippen LogP) is 23.3. The monoisotopic (exact) mass is 1770 g/mol. The molecule has 9 rings (SSSR count). The molecule has 1 amide bonds. The summed E-state index contributed by atoms with van der Waals surface area (Å²) in [6.45, 7) is 36.2. The summed E-state index contributed by atoms with van der Waals surface area (Å²) in [5, 5.41) is 16.1. The molecule has 0 radical (unpaired) electrons. The van der Waals surface area contributed by atoms with Crippen molar-refractivity contribution >= 4 is 117 Å². The van der Waals surface area contributed by atoms with Gasteiger partial charge in [0.05, 0.1) is 42.1 Å². The number of halogens is 12. The van der Waals surface area contributed by atoms with Gasteiger partial charge >= 0.3 is 161 Å². The standard InChI is InChI=1S/C30H36ClF4N3O.C13H14ClFO2.C10H8ClFO2.C7H11O2.C6H3ClFI.3C4H9.CH4O.2CH4.Sn/c1-20-19-37(16-17-38(20)21(2)22-4-6-23(7-5-22)30(33,34)35)28(3)12-14-36(15-13-28)27(39)29(10-11-29)24-8-9-26(32)25(31)18-24;1-8(12(16)17-13(2,3)4)9-5-6-11(15)10(14)7-9;11-7-5-6(1-2-8(7)12)10(3-4-10)9(13)14;1-5-6(8)9-7(2,3)4;7-5-3-4(9)1-2-6(5)8;3*1-3-4-2;1-2;;;/h4-9,18,20-21H,10-17,19H2,1-3H3;5-7H,1H2,2-4H3;1-2,5H,3-4H2,(H,13,14);1H2,2-4H3;1-3H;3*1,3-4H2,2H3;2H,1H3;2*1H4;/t20-,21-;;;;;;;;;;;/m0.........../s1. The number of piperidine rings is 1. The number of carboxylic acid groups (broad SMARTS) is 1.